The van der Waals surface area contributed by atoms with Gasteiger partial charge in [0.05, 0.1) is 11.9 Å². The Morgan fingerprint density at radius 3 is 2.38 bits per heavy atom. The molecule has 0 radical (unpaired) electrons. The average molecular weight is 347 g/mol. The highest BCUT2D eigenvalue weighted by molar-refractivity contribution is 6.03. The van der Waals surface area contributed by atoms with Crippen LogP contribution in [-0.4, -0.2) is 32.9 Å². The van der Waals surface area contributed by atoms with Crippen molar-refractivity contribution in [1.29, 1.82) is 0 Å². The van der Waals surface area contributed by atoms with E-state index < -0.39 is 0 Å². The summed E-state index contributed by atoms with van der Waals surface area (Å²) >= 11 is 0. The Kier molecular flexibility index (Phi) is 4.18. The molecule has 7 heteroatoms. The lowest BCUT2D eigenvalue weighted by molar-refractivity contribution is 0.0950. The van der Waals surface area contributed by atoms with Gasteiger partial charge in [0.15, 0.2) is 5.69 Å². The van der Waals surface area contributed by atoms with Gasteiger partial charge in [0.1, 0.15) is 0 Å². The fourth-order valence-corrected chi connectivity index (χ4v) is 2.45. The number of nitrogens with one attached hydrogen (secondary N) is 2. The van der Waals surface area contributed by atoms with Gasteiger partial charge in [-0.15, -0.1) is 5.10 Å². The summed E-state index contributed by atoms with van der Waals surface area (Å²) in [7, 11) is 0. The summed E-state index contributed by atoms with van der Waals surface area (Å²) in [6.45, 7) is 0. The second-order valence-electron chi connectivity index (χ2n) is 6.13. The largest absolute Gasteiger partial charge is 0.349 e. The molecule has 1 saturated carbocycles. The zero-order chi connectivity index (χ0) is 17.9. The fraction of sp³-hybridized carbons (Fsp3) is 0.158. The van der Waals surface area contributed by atoms with E-state index in [0.717, 1.165) is 18.5 Å². The van der Waals surface area contributed by atoms with E-state index in [0.29, 0.717) is 17.3 Å². The molecule has 130 valence electrons. The summed E-state index contributed by atoms with van der Waals surface area (Å²) < 4.78 is 0. The standard InChI is InChI=1S/C19H17N5O2/c25-18(21-15-10-11-15)13-6-8-14(9-7-13)22-19(26)17-12-20-24(23-17)16-4-2-1-3-5-16/h1-9,12,15H,10-11H2,(H,21,25)(H,22,26). The SMILES string of the molecule is O=C(NC1CC1)c1ccc(NC(=O)c2cnn(-c3ccccc3)n2)cc1. The molecule has 2 aromatic carbocycles. The molecule has 0 spiro atoms. The molecule has 26 heavy (non-hydrogen) atoms. The van der Waals surface area contributed by atoms with Crippen LogP contribution in [0.3, 0.4) is 0 Å². The normalized spacial score (nSPS) is 13.2. The third-order valence-electron chi connectivity index (χ3n) is 4.03. The molecule has 2 amide bonds. The number of anilines is 1. The number of carbonyl (C=O) groups excluding carboxylic acids is 2. The number of carbonyl (C=O) groups is 2. The molecule has 2 N–H and O–H groups in total. The zero-order valence-electron chi connectivity index (χ0n) is 13.9. The van der Waals surface area contributed by atoms with E-state index in [2.05, 4.69) is 20.8 Å². The predicted molar refractivity (Wildman–Crippen MR) is 96.2 cm³/mol. The van der Waals surface area contributed by atoms with Gasteiger partial charge in [-0.2, -0.15) is 9.90 Å². The number of amides is 2. The summed E-state index contributed by atoms with van der Waals surface area (Å²) in [6, 6.07) is 16.4. The first-order chi connectivity index (χ1) is 12.7. The summed E-state index contributed by atoms with van der Waals surface area (Å²) in [5.74, 6) is -0.446. The Hall–Kier alpha value is -3.48. The van der Waals surface area contributed by atoms with Gasteiger partial charge in [-0.05, 0) is 49.2 Å². The van der Waals surface area contributed by atoms with Crippen LogP contribution in [0.15, 0.2) is 60.8 Å². The van der Waals surface area contributed by atoms with Crippen LogP contribution >= 0.6 is 0 Å². The van der Waals surface area contributed by atoms with Gasteiger partial charge in [0.2, 0.25) is 0 Å². The molecule has 7 nitrogen and oxygen atoms in total. The Morgan fingerprint density at radius 1 is 0.962 bits per heavy atom. The first-order valence-electron chi connectivity index (χ1n) is 8.39. The molecule has 0 bridgehead atoms. The minimum absolute atomic E-state index is 0.0869. The molecule has 3 aromatic rings. The van der Waals surface area contributed by atoms with Crippen molar-refractivity contribution in [3.8, 4) is 5.69 Å². The molecule has 1 aromatic heterocycles. The van der Waals surface area contributed by atoms with E-state index >= 15 is 0 Å². The Labute approximate surface area is 150 Å². The molecule has 0 saturated heterocycles. The lowest BCUT2D eigenvalue weighted by atomic mass is 10.2. The highest BCUT2D eigenvalue weighted by Crippen LogP contribution is 2.19. The summed E-state index contributed by atoms with van der Waals surface area (Å²) in [4.78, 5) is 25.7. The number of hydrogen-bond acceptors (Lipinski definition) is 4. The van der Waals surface area contributed by atoms with Gasteiger partial charge < -0.3 is 10.6 Å². The molecule has 0 unspecified atom stereocenters. The zero-order valence-corrected chi connectivity index (χ0v) is 13.9. The van der Waals surface area contributed by atoms with E-state index in [1.807, 2.05) is 30.3 Å². The van der Waals surface area contributed by atoms with Crippen LogP contribution in [-0.2, 0) is 0 Å². The number of aromatic nitrogens is 3. The van der Waals surface area contributed by atoms with Crippen LogP contribution in [0.2, 0.25) is 0 Å². The van der Waals surface area contributed by atoms with E-state index in [9.17, 15) is 9.59 Å². The fourth-order valence-electron chi connectivity index (χ4n) is 2.45. The molecular weight excluding hydrogens is 330 g/mol. The van der Waals surface area contributed by atoms with Crippen molar-refractivity contribution in [1.82, 2.24) is 20.3 Å². The lowest BCUT2D eigenvalue weighted by Gasteiger charge is -2.06. The summed E-state index contributed by atoms with van der Waals surface area (Å²) in [5, 5.41) is 14.0. The number of hydrogen-bond donors (Lipinski definition) is 2. The number of benzene rings is 2. The predicted octanol–water partition coefficient (Wildman–Crippen LogP) is 2.41. The quantitative estimate of drug-likeness (QED) is 0.742. The lowest BCUT2D eigenvalue weighted by Crippen LogP contribution is -2.25. The van der Waals surface area contributed by atoms with Crippen molar-refractivity contribution in [2.24, 2.45) is 0 Å². The Morgan fingerprint density at radius 2 is 1.69 bits per heavy atom. The minimum atomic E-state index is -0.359. The van der Waals surface area contributed by atoms with Gasteiger partial charge in [-0.3, -0.25) is 9.59 Å². The van der Waals surface area contributed by atoms with Crippen LogP contribution in [0, 0.1) is 0 Å². The smallest absolute Gasteiger partial charge is 0.277 e. The van der Waals surface area contributed by atoms with Crippen molar-refractivity contribution in [2.45, 2.75) is 18.9 Å². The molecular formula is C19H17N5O2. The summed E-state index contributed by atoms with van der Waals surface area (Å²) in [6.07, 6.45) is 3.51. The highest BCUT2D eigenvalue weighted by atomic mass is 16.2. The van der Waals surface area contributed by atoms with Crippen molar-refractivity contribution < 1.29 is 9.59 Å². The maximum absolute atomic E-state index is 12.3. The van der Waals surface area contributed by atoms with E-state index in [1.165, 1.54) is 11.0 Å². The van der Waals surface area contributed by atoms with Gasteiger partial charge >= 0.3 is 0 Å². The molecule has 1 aliphatic rings. The minimum Gasteiger partial charge on any atom is -0.349 e. The monoisotopic (exact) mass is 347 g/mol. The van der Waals surface area contributed by atoms with Gasteiger partial charge in [-0.25, -0.2) is 0 Å². The van der Waals surface area contributed by atoms with E-state index in [4.69, 9.17) is 0 Å². The Bertz CT molecular complexity index is 930. The van der Waals surface area contributed by atoms with Crippen molar-refractivity contribution >= 4 is 17.5 Å². The van der Waals surface area contributed by atoms with Crippen LogP contribution in [0.25, 0.3) is 5.69 Å². The maximum Gasteiger partial charge on any atom is 0.277 e. The number of para-hydroxylation sites is 1. The first-order valence-corrected chi connectivity index (χ1v) is 8.39. The topological polar surface area (TPSA) is 88.9 Å². The average Bonchev–Trinajstić information content (AvgIpc) is 3.34. The van der Waals surface area contributed by atoms with Crippen molar-refractivity contribution in [3.05, 3.63) is 72.1 Å². The molecule has 0 aliphatic heterocycles. The van der Waals surface area contributed by atoms with Gasteiger partial charge in [0, 0.05) is 17.3 Å². The number of nitrogens with zero attached hydrogens (tertiary/aromatic N) is 3. The van der Waals surface area contributed by atoms with Crippen LogP contribution < -0.4 is 10.6 Å². The Balaban J connectivity index is 1.41. The summed E-state index contributed by atoms with van der Waals surface area (Å²) in [5.41, 5.74) is 2.15. The highest BCUT2D eigenvalue weighted by Gasteiger charge is 2.23. The van der Waals surface area contributed by atoms with Crippen LogP contribution in [0.4, 0.5) is 5.69 Å². The van der Waals surface area contributed by atoms with Gasteiger partial charge in [-0.1, -0.05) is 18.2 Å². The molecule has 1 heterocycles. The molecule has 1 fully saturated rings. The second-order valence-corrected chi connectivity index (χ2v) is 6.13. The third kappa shape index (κ3) is 3.61. The van der Waals surface area contributed by atoms with Crippen molar-refractivity contribution in [2.75, 3.05) is 5.32 Å². The third-order valence-corrected chi connectivity index (χ3v) is 4.03. The van der Waals surface area contributed by atoms with Crippen molar-refractivity contribution in [3.63, 3.8) is 0 Å². The van der Waals surface area contributed by atoms with Crippen LogP contribution in [0.5, 0.6) is 0 Å². The number of rotatable bonds is 5. The van der Waals surface area contributed by atoms with E-state index in [1.54, 1.807) is 24.3 Å². The molecule has 1 aliphatic carbocycles. The molecule has 0 atom stereocenters. The van der Waals surface area contributed by atoms with Crippen LogP contribution in [0.1, 0.15) is 33.7 Å². The first kappa shape index (κ1) is 16.0. The maximum atomic E-state index is 12.3. The second kappa shape index (κ2) is 6.79. The van der Waals surface area contributed by atoms with Gasteiger partial charge in [0.25, 0.3) is 11.8 Å². The molecule has 4 rings (SSSR count). The van der Waals surface area contributed by atoms with E-state index in [-0.39, 0.29) is 17.5 Å².